The number of esters is 1. The van der Waals surface area contributed by atoms with Crippen molar-refractivity contribution in [2.24, 2.45) is 0 Å². The van der Waals surface area contributed by atoms with Crippen LogP contribution >= 0.6 is 0 Å². The molecule has 0 aliphatic rings. The van der Waals surface area contributed by atoms with Crippen molar-refractivity contribution in [3.05, 3.63) is 75.3 Å². The Kier molecular flexibility index (Phi) is 4.94. The largest absolute Gasteiger partial charge is 0.490 e. The van der Waals surface area contributed by atoms with Crippen LogP contribution in [0, 0.1) is 0 Å². The number of para-hydroxylation sites is 1. The molecule has 0 spiro atoms. The predicted molar refractivity (Wildman–Crippen MR) is 91.7 cm³/mol. The Bertz CT molecular complexity index is 992. The third-order valence-electron chi connectivity index (χ3n) is 3.53. The molecule has 0 fully saturated rings. The number of benzene rings is 2. The molecule has 1 heterocycles. The summed E-state index contributed by atoms with van der Waals surface area (Å²) in [6.07, 6.45) is 0. The Morgan fingerprint density at radius 3 is 2.36 bits per heavy atom. The average Bonchev–Trinajstić information content (AvgIpc) is 2.64. The van der Waals surface area contributed by atoms with Crippen molar-refractivity contribution >= 4 is 16.7 Å². The minimum atomic E-state index is -0.635. The topological polar surface area (TPSA) is 90.4 Å². The molecule has 7 nitrogen and oxygen atoms in total. The average molecular weight is 340 g/mol. The Hall–Kier alpha value is -3.35. The van der Waals surface area contributed by atoms with Gasteiger partial charge in [-0.15, -0.1) is 0 Å². The fourth-order valence-corrected chi connectivity index (χ4v) is 2.36. The van der Waals surface area contributed by atoms with E-state index in [1.807, 2.05) is 18.2 Å². The van der Waals surface area contributed by atoms with Crippen molar-refractivity contribution in [1.29, 1.82) is 0 Å². The van der Waals surface area contributed by atoms with E-state index in [1.165, 1.54) is 0 Å². The first-order valence-electron chi connectivity index (χ1n) is 7.70. The van der Waals surface area contributed by atoms with Gasteiger partial charge in [0.15, 0.2) is 0 Å². The molecule has 0 atom stereocenters. The Morgan fingerprint density at radius 2 is 1.60 bits per heavy atom. The summed E-state index contributed by atoms with van der Waals surface area (Å²) in [6.45, 7) is -0.135. The lowest BCUT2D eigenvalue weighted by Crippen LogP contribution is -2.33. The molecule has 3 rings (SSSR count). The molecule has 7 heteroatoms. The molecular formula is C18H16N2O5. The SMILES string of the molecule is O=C(Cn1[nH]c(=O)c2ccccc2c1=O)OCCOc1ccccc1. The fraction of sp³-hybridized carbons (Fsp3) is 0.167. The van der Waals surface area contributed by atoms with Gasteiger partial charge in [-0.3, -0.25) is 19.5 Å². The van der Waals surface area contributed by atoms with Crippen LogP contribution in [0.25, 0.3) is 10.8 Å². The van der Waals surface area contributed by atoms with E-state index in [9.17, 15) is 14.4 Å². The van der Waals surface area contributed by atoms with Crippen molar-refractivity contribution in [2.45, 2.75) is 6.54 Å². The molecule has 0 saturated heterocycles. The summed E-state index contributed by atoms with van der Waals surface area (Å²) in [5.74, 6) is 0.0401. The summed E-state index contributed by atoms with van der Waals surface area (Å²) in [5.41, 5.74) is -0.886. The van der Waals surface area contributed by atoms with Gasteiger partial charge >= 0.3 is 5.97 Å². The zero-order valence-corrected chi connectivity index (χ0v) is 13.3. The first-order valence-corrected chi connectivity index (χ1v) is 7.70. The van der Waals surface area contributed by atoms with Crippen molar-refractivity contribution in [1.82, 2.24) is 9.78 Å². The normalized spacial score (nSPS) is 10.6. The first kappa shape index (κ1) is 16.5. The molecule has 1 aromatic heterocycles. The molecule has 0 saturated carbocycles. The van der Waals surface area contributed by atoms with E-state index in [1.54, 1.807) is 36.4 Å². The highest BCUT2D eigenvalue weighted by Gasteiger charge is 2.10. The number of aromatic nitrogens is 2. The zero-order chi connectivity index (χ0) is 17.6. The smallest absolute Gasteiger partial charge is 0.327 e. The molecule has 1 N–H and O–H groups in total. The predicted octanol–water partition coefficient (Wildman–Crippen LogP) is 1.31. The molecule has 0 aliphatic heterocycles. The van der Waals surface area contributed by atoms with Crippen LogP contribution in [-0.4, -0.2) is 29.0 Å². The maximum atomic E-state index is 12.3. The number of aromatic amines is 1. The lowest BCUT2D eigenvalue weighted by molar-refractivity contribution is -0.145. The molecule has 0 unspecified atom stereocenters. The number of nitrogens with one attached hydrogen (secondary N) is 1. The number of carbonyl (C=O) groups excluding carboxylic acids is 1. The number of rotatable bonds is 6. The minimum absolute atomic E-state index is 0.0420. The van der Waals surface area contributed by atoms with Crippen molar-refractivity contribution in [3.8, 4) is 5.75 Å². The second kappa shape index (κ2) is 7.48. The Morgan fingerprint density at radius 1 is 0.920 bits per heavy atom. The second-order valence-electron chi connectivity index (χ2n) is 5.26. The first-order chi connectivity index (χ1) is 12.1. The molecule has 128 valence electrons. The highest BCUT2D eigenvalue weighted by Crippen LogP contribution is 2.07. The van der Waals surface area contributed by atoms with Gasteiger partial charge in [-0.05, 0) is 24.3 Å². The molecular weight excluding hydrogens is 324 g/mol. The van der Waals surface area contributed by atoms with Gasteiger partial charge in [-0.1, -0.05) is 30.3 Å². The van der Waals surface area contributed by atoms with E-state index in [-0.39, 0.29) is 30.5 Å². The summed E-state index contributed by atoms with van der Waals surface area (Å²) in [7, 11) is 0. The zero-order valence-electron chi connectivity index (χ0n) is 13.3. The highest BCUT2D eigenvalue weighted by atomic mass is 16.6. The van der Waals surface area contributed by atoms with Gasteiger partial charge < -0.3 is 9.47 Å². The number of carbonyl (C=O) groups is 1. The Balaban J connectivity index is 1.60. The van der Waals surface area contributed by atoms with E-state index >= 15 is 0 Å². The number of hydrogen-bond donors (Lipinski definition) is 1. The van der Waals surface area contributed by atoms with Gasteiger partial charge in [-0.2, -0.15) is 0 Å². The van der Waals surface area contributed by atoms with Gasteiger partial charge in [0.1, 0.15) is 25.5 Å². The van der Waals surface area contributed by atoms with Crippen LogP contribution < -0.4 is 15.9 Å². The molecule has 2 aromatic carbocycles. The molecule has 0 amide bonds. The fourth-order valence-electron chi connectivity index (χ4n) is 2.36. The highest BCUT2D eigenvalue weighted by molar-refractivity contribution is 5.80. The number of ether oxygens (including phenoxy) is 2. The van der Waals surface area contributed by atoms with E-state index in [0.29, 0.717) is 5.75 Å². The van der Waals surface area contributed by atoms with Gasteiger partial charge in [0.25, 0.3) is 11.1 Å². The standard InChI is InChI=1S/C18H16N2O5/c21-16(25-11-10-24-13-6-2-1-3-7-13)12-20-18(23)15-9-5-4-8-14(15)17(22)19-20/h1-9H,10-12H2,(H,19,22). The van der Waals surface area contributed by atoms with Crippen LogP contribution in [0.5, 0.6) is 5.75 Å². The van der Waals surface area contributed by atoms with Gasteiger partial charge in [-0.25, -0.2) is 4.68 Å². The Labute approximate surface area is 142 Å². The van der Waals surface area contributed by atoms with Gasteiger partial charge in [0.2, 0.25) is 0 Å². The molecule has 0 radical (unpaired) electrons. The van der Waals surface area contributed by atoms with Crippen LogP contribution in [0.4, 0.5) is 0 Å². The third-order valence-corrected chi connectivity index (χ3v) is 3.53. The molecule has 25 heavy (non-hydrogen) atoms. The maximum absolute atomic E-state index is 12.3. The van der Waals surface area contributed by atoms with Crippen molar-refractivity contribution < 1.29 is 14.3 Å². The molecule has 0 aliphatic carbocycles. The number of hydrogen-bond acceptors (Lipinski definition) is 5. The summed E-state index contributed by atoms with van der Waals surface area (Å²) in [4.78, 5) is 36.1. The third kappa shape index (κ3) is 3.95. The van der Waals surface area contributed by atoms with Crippen LogP contribution in [0.2, 0.25) is 0 Å². The van der Waals surface area contributed by atoms with E-state index in [0.717, 1.165) is 4.68 Å². The number of H-pyrrole nitrogens is 1. The van der Waals surface area contributed by atoms with Crippen LogP contribution in [-0.2, 0) is 16.1 Å². The van der Waals surface area contributed by atoms with Crippen LogP contribution in [0.1, 0.15) is 0 Å². The van der Waals surface area contributed by atoms with Gasteiger partial charge in [0, 0.05) is 0 Å². The second-order valence-corrected chi connectivity index (χ2v) is 5.26. The van der Waals surface area contributed by atoms with E-state index < -0.39 is 17.1 Å². The van der Waals surface area contributed by atoms with E-state index in [2.05, 4.69) is 5.10 Å². The van der Waals surface area contributed by atoms with Crippen LogP contribution in [0.3, 0.4) is 0 Å². The maximum Gasteiger partial charge on any atom is 0.327 e. The van der Waals surface area contributed by atoms with Crippen molar-refractivity contribution in [2.75, 3.05) is 13.2 Å². The van der Waals surface area contributed by atoms with Gasteiger partial charge in [0.05, 0.1) is 10.8 Å². The van der Waals surface area contributed by atoms with Crippen LogP contribution in [0.15, 0.2) is 64.2 Å². The minimum Gasteiger partial charge on any atom is -0.490 e. The summed E-state index contributed by atoms with van der Waals surface area (Å²) >= 11 is 0. The quantitative estimate of drug-likeness (QED) is 0.540. The summed E-state index contributed by atoms with van der Waals surface area (Å²) in [5, 5.41) is 2.92. The lowest BCUT2D eigenvalue weighted by Gasteiger charge is -2.09. The van der Waals surface area contributed by atoms with Crippen molar-refractivity contribution in [3.63, 3.8) is 0 Å². The number of nitrogens with zero attached hydrogens (tertiary/aromatic N) is 1. The monoisotopic (exact) mass is 340 g/mol. The molecule has 0 bridgehead atoms. The summed E-state index contributed by atoms with van der Waals surface area (Å²) < 4.78 is 11.4. The number of fused-ring (bicyclic) bond motifs is 1. The summed E-state index contributed by atoms with van der Waals surface area (Å²) in [6, 6.07) is 15.6. The lowest BCUT2D eigenvalue weighted by atomic mass is 10.2. The molecule has 3 aromatic rings. The van der Waals surface area contributed by atoms with E-state index in [4.69, 9.17) is 9.47 Å².